The van der Waals surface area contributed by atoms with Gasteiger partial charge in [0.05, 0.1) is 5.92 Å². The molecule has 7 nitrogen and oxygen atoms in total. The van der Waals surface area contributed by atoms with Gasteiger partial charge in [-0.25, -0.2) is 5.14 Å². The summed E-state index contributed by atoms with van der Waals surface area (Å²) < 4.78 is 23.7. The van der Waals surface area contributed by atoms with Crippen molar-refractivity contribution in [1.82, 2.24) is 9.21 Å². The van der Waals surface area contributed by atoms with Crippen LogP contribution in [0.3, 0.4) is 0 Å². The quantitative estimate of drug-likeness (QED) is 0.716. The number of amides is 1. The smallest absolute Gasteiger partial charge is 0.277 e. The van der Waals surface area contributed by atoms with E-state index < -0.39 is 15.7 Å². The molecule has 2 unspecified atom stereocenters. The Bertz CT molecular complexity index is 475. The van der Waals surface area contributed by atoms with Crippen LogP contribution >= 0.6 is 12.4 Å². The lowest BCUT2D eigenvalue weighted by Gasteiger charge is -2.42. The predicted molar refractivity (Wildman–Crippen MR) is 83.1 cm³/mol. The van der Waals surface area contributed by atoms with Gasteiger partial charge >= 0.3 is 0 Å². The van der Waals surface area contributed by atoms with E-state index in [0.29, 0.717) is 13.1 Å². The van der Waals surface area contributed by atoms with E-state index in [0.717, 1.165) is 25.7 Å². The molecule has 0 radical (unpaired) electrons. The number of nitrogens with zero attached hydrogens (tertiary/aromatic N) is 2. The number of hydrogen-bond acceptors (Lipinski definition) is 4. The second-order valence-electron chi connectivity index (χ2n) is 6.07. The van der Waals surface area contributed by atoms with Crippen molar-refractivity contribution in [2.45, 2.75) is 38.1 Å². The van der Waals surface area contributed by atoms with Gasteiger partial charge < -0.3 is 10.6 Å². The van der Waals surface area contributed by atoms with Gasteiger partial charge in [-0.15, -0.1) is 12.4 Å². The number of piperazine rings is 1. The molecule has 0 spiro atoms. The minimum atomic E-state index is -3.65. The van der Waals surface area contributed by atoms with Gasteiger partial charge in [0.15, 0.2) is 0 Å². The standard InChI is InChI=1S/C12H24N4O3S.ClH/c1-12(13)5-3-2-4-10(12)11(17)15-6-8-16(9-7-15)20(14,18)19;/h10H,2-9,13H2,1H3,(H2,14,18,19);1H. The van der Waals surface area contributed by atoms with Gasteiger partial charge in [0, 0.05) is 31.7 Å². The SMILES string of the molecule is CC1(N)CCCCC1C(=O)N1CCN(S(N)(=O)=O)CC1.Cl. The Hall–Kier alpha value is -0.410. The Labute approximate surface area is 132 Å². The fourth-order valence-corrected chi connectivity index (χ4v) is 3.82. The maximum Gasteiger partial charge on any atom is 0.277 e. The molecule has 9 heteroatoms. The number of hydrogen-bond donors (Lipinski definition) is 2. The molecule has 1 saturated carbocycles. The second-order valence-corrected chi connectivity index (χ2v) is 7.62. The molecule has 0 aromatic heterocycles. The highest BCUT2D eigenvalue weighted by Crippen LogP contribution is 2.33. The van der Waals surface area contributed by atoms with Crippen molar-refractivity contribution < 1.29 is 13.2 Å². The molecule has 0 bridgehead atoms. The van der Waals surface area contributed by atoms with Crippen LogP contribution in [0.1, 0.15) is 32.6 Å². The van der Waals surface area contributed by atoms with Crippen LogP contribution in [-0.4, -0.2) is 55.2 Å². The van der Waals surface area contributed by atoms with Crippen molar-refractivity contribution in [3.63, 3.8) is 0 Å². The Morgan fingerprint density at radius 3 is 2.24 bits per heavy atom. The lowest BCUT2D eigenvalue weighted by molar-refractivity contribution is -0.140. The molecular weight excluding hydrogens is 316 g/mol. The van der Waals surface area contributed by atoms with Crippen molar-refractivity contribution >= 4 is 28.5 Å². The maximum atomic E-state index is 12.6. The van der Waals surface area contributed by atoms with Crippen LogP contribution in [0.25, 0.3) is 0 Å². The summed E-state index contributed by atoms with van der Waals surface area (Å²) >= 11 is 0. The summed E-state index contributed by atoms with van der Waals surface area (Å²) in [6.07, 6.45) is 3.78. The highest BCUT2D eigenvalue weighted by molar-refractivity contribution is 7.86. The van der Waals surface area contributed by atoms with Crippen molar-refractivity contribution in [2.24, 2.45) is 16.8 Å². The van der Waals surface area contributed by atoms with Crippen molar-refractivity contribution in [2.75, 3.05) is 26.2 Å². The Morgan fingerprint density at radius 2 is 1.76 bits per heavy atom. The first kappa shape index (κ1) is 18.6. The van der Waals surface area contributed by atoms with Gasteiger partial charge in [0.1, 0.15) is 0 Å². The molecule has 1 amide bonds. The normalized spacial score (nSPS) is 31.6. The van der Waals surface area contributed by atoms with Crippen molar-refractivity contribution in [1.29, 1.82) is 0 Å². The minimum Gasteiger partial charge on any atom is -0.340 e. The molecule has 1 saturated heterocycles. The lowest BCUT2D eigenvalue weighted by atomic mass is 9.74. The van der Waals surface area contributed by atoms with Gasteiger partial charge in [-0.2, -0.15) is 12.7 Å². The van der Waals surface area contributed by atoms with E-state index in [-0.39, 0.29) is 37.3 Å². The zero-order valence-electron chi connectivity index (χ0n) is 12.3. The Kier molecular flexibility index (Phi) is 6.02. The van der Waals surface area contributed by atoms with Gasteiger partial charge in [-0.05, 0) is 19.8 Å². The Balaban J connectivity index is 0.00000220. The molecule has 1 aliphatic heterocycles. The summed E-state index contributed by atoms with van der Waals surface area (Å²) in [6, 6.07) is 0. The number of carbonyl (C=O) groups is 1. The summed E-state index contributed by atoms with van der Waals surface area (Å²) in [5.41, 5.74) is 5.80. The van der Waals surface area contributed by atoms with Crippen LogP contribution in [-0.2, 0) is 15.0 Å². The summed E-state index contributed by atoms with van der Waals surface area (Å²) in [5, 5.41) is 5.09. The highest BCUT2D eigenvalue weighted by atomic mass is 35.5. The summed E-state index contributed by atoms with van der Waals surface area (Å²) in [7, 11) is -3.65. The maximum absolute atomic E-state index is 12.6. The molecule has 2 aliphatic rings. The molecule has 2 rings (SSSR count). The number of nitrogens with two attached hydrogens (primary N) is 2. The van der Waals surface area contributed by atoms with Crippen LogP contribution in [0.2, 0.25) is 0 Å². The third kappa shape index (κ3) is 4.29. The van der Waals surface area contributed by atoms with Gasteiger partial charge in [0.25, 0.3) is 10.2 Å². The fraction of sp³-hybridized carbons (Fsp3) is 0.917. The first-order valence-electron chi connectivity index (χ1n) is 7.07. The van der Waals surface area contributed by atoms with E-state index in [1.165, 1.54) is 4.31 Å². The Morgan fingerprint density at radius 1 is 1.19 bits per heavy atom. The lowest BCUT2D eigenvalue weighted by Crippen LogP contribution is -2.58. The van der Waals surface area contributed by atoms with Crippen molar-refractivity contribution in [3.8, 4) is 0 Å². The second kappa shape index (κ2) is 6.78. The third-order valence-corrected chi connectivity index (χ3v) is 5.55. The first-order valence-corrected chi connectivity index (χ1v) is 8.58. The van der Waals surface area contributed by atoms with E-state index in [1.54, 1.807) is 4.90 Å². The van der Waals surface area contributed by atoms with E-state index in [1.807, 2.05) is 6.92 Å². The zero-order chi connectivity index (χ0) is 15.0. The molecule has 1 aliphatic carbocycles. The van der Waals surface area contributed by atoms with Crippen LogP contribution in [0.5, 0.6) is 0 Å². The zero-order valence-corrected chi connectivity index (χ0v) is 14.0. The summed E-state index contributed by atoms with van der Waals surface area (Å²) in [6.45, 7) is 3.25. The topological polar surface area (TPSA) is 110 Å². The van der Waals surface area contributed by atoms with E-state index in [9.17, 15) is 13.2 Å². The molecule has 21 heavy (non-hydrogen) atoms. The molecule has 0 aromatic rings. The van der Waals surface area contributed by atoms with Crippen LogP contribution in [0.15, 0.2) is 0 Å². The average Bonchev–Trinajstić information content (AvgIpc) is 2.36. The molecule has 4 N–H and O–H groups in total. The van der Waals surface area contributed by atoms with E-state index in [2.05, 4.69) is 0 Å². The molecule has 0 aromatic carbocycles. The molecule has 2 atom stereocenters. The van der Waals surface area contributed by atoms with Gasteiger partial charge in [0.2, 0.25) is 5.91 Å². The summed E-state index contributed by atoms with van der Waals surface area (Å²) in [5.74, 6) is -0.0962. The minimum absolute atomic E-state index is 0. The molecule has 2 fully saturated rings. The third-order valence-electron chi connectivity index (χ3n) is 4.46. The summed E-state index contributed by atoms with van der Waals surface area (Å²) in [4.78, 5) is 14.3. The predicted octanol–water partition coefficient (Wildman–Crippen LogP) is -0.336. The van der Waals surface area contributed by atoms with E-state index >= 15 is 0 Å². The monoisotopic (exact) mass is 340 g/mol. The first-order chi connectivity index (χ1) is 9.22. The molecule has 124 valence electrons. The number of halogens is 1. The average molecular weight is 341 g/mol. The fourth-order valence-electron chi connectivity index (χ4n) is 3.15. The van der Waals surface area contributed by atoms with Gasteiger partial charge in [-0.1, -0.05) is 12.8 Å². The van der Waals surface area contributed by atoms with E-state index in [4.69, 9.17) is 10.9 Å². The number of rotatable bonds is 2. The highest BCUT2D eigenvalue weighted by Gasteiger charge is 2.40. The van der Waals surface area contributed by atoms with Crippen LogP contribution < -0.4 is 10.9 Å². The van der Waals surface area contributed by atoms with Gasteiger partial charge in [-0.3, -0.25) is 4.79 Å². The number of carbonyl (C=O) groups excluding carboxylic acids is 1. The van der Waals surface area contributed by atoms with Crippen LogP contribution in [0, 0.1) is 5.92 Å². The largest absolute Gasteiger partial charge is 0.340 e. The molecular formula is C12H25ClN4O3S. The van der Waals surface area contributed by atoms with Crippen molar-refractivity contribution in [3.05, 3.63) is 0 Å². The molecule has 1 heterocycles. The van der Waals surface area contributed by atoms with Crippen LogP contribution in [0.4, 0.5) is 0 Å².